The van der Waals surface area contributed by atoms with Gasteiger partial charge in [0, 0.05) is 12.5 Å². The molecule has 0 bridgehead atoms. The van der Waals surface area contributed by atoms with E-state index in [1.165, 1.54) is 0 Å². The zero-order valence-electron chi connectivity index (χ0n) is 13.3. The highest BCUT2D eigenvalue weighted by molar-refractivity contribution is 6.43. The van der Waals surface area contributed by atoms with Crippen LogP contribution in [0.25, 0.3) is 0 Å². The van der Waals surface area contributed by atoms with Crippen molar-refractivity contribution >= 4 is 13.0 Å². The van der Waals surface area contributed by atoms with E-state index in [-0.39, 0.29) is 11.6 Å². The number of hydrogen-bond acceptors (Lipinski definition) is 5. The van der Waals surface area contributed by atoms with Gasteiger partial charge in [0.1, 0.15) is 5.76 Å². The number of benzene rings is 1. The van der Waals surface area contributed by atoms with Gasteiger partial charge in [-0.15, -0.1) is 0 Å². The molecule has 2 rings (SSSR count). The second-order valence-electron chi connectivity index (χ2n) is 5.96. The smallest absolute Gasteiger partial charge is 0.426 e. The van der Waals surface area contributed by atoms with Crippen molar-refractivity contribution < 1.29 is 19.4 Å². The van der Waals surface area contributed by atoms with Gasteiger partial charge in [-0.25, -0.2) is 0 Å². The van der Waals surface area contributed by atoms with Crippen LogP contribution in [0.2, 0.25) is 0 Å². The van der Waals surface area contributed by atoms with Gasteiger partial charge in [-0.2, -0.15) is 0 Å². The van der Waals surface area contributed by atoms with E-state index in [9.17, 15) is 14.8 Å². The normalized spacial score (nSPS) is 12.2. The molecule has 0 aliphatic heterocycles. The number of aromatic nitrogens is 1. The average Bonchev–Trinajstić information content (AvgIpc) is 2.95. The molecule has 0 saturated heterocycles. The molecule has 0 spiro atoms. The summed E-state index contributed by atoms with van der Waals surface area (Å²) in [5.41, 5.74) is 1.18. The molecule has 1 atom stereocenters. The number of nitrogens with zero attached hydrogens (tertiary/aromatic N) is 1. The summed E-state index contributed by atoms with van der Waals surface area (Å²) in [7, 11) is -1.61. The Labute approximate surface area is 135 Å². The third-order valence-electron chi connectivity index (χ3n) is 3.41. The van der Waals surface area contributed by atoms with E-state index < -0.39 is 19.0 Å². The topological polar surface area (TPSA) is 95.6 Å². The Morgan fingerprint density at radius 2 is 2.00 bits per heavy atom. The Bertz CT molecular complexity index is 628. The van der Waals surface area contributed by atoms with Crippen LogP contribution in [0, 0.1) is 5.92 Å². The van der Waals surface area contributed by atoms with Crippen molar-refractivity contribution in [1.29, 1.82) is 0 Å². The molecule has 0 aliphatic rings. The van der Waals surface area contributed by atoms with E-state index in [0.29, 0.717) is 18.6 Å². The van der Waals surface area contributed by atoms with Gasteiger partial charge >= 0.3 is 7.12 Å². The zero-order chi connectivity index (χ0) is 16.8. The highest BCUT2D eigenvalue weighted by atomic mass is 16.5. The maximum Gasteiger partial charge on any atom is 0.475 e. The van der Waals surface area contributed by atoms with Crippen LogP contribution in [-0.2, 0) is 6.42 Å². The summed E-state index contributed by atoms with van der Waals surface area (Å²) < 4.78 is 5.18. The third kappa shape index (κ3) is 5.23. The van der Waals surface area contributed by atoms with Gasteiger partial charge in [-0.3, -0.25) is 4.79 Å². The Morgan fingerprint density at radius 3 is 2.61 bits per heavy atom. The molecule has 122 valence electrons. The summed E-state index contributed by atoms with van der Waals surface area (Å²) in [4.78, 5) is 12.2. The molecule has 23 heavy (non-hydrogen) atoms. The van der Waals surface area contributed by atoms with E-state index in [4.69, 9.17) is 4.52 Å². The monoisotopic (exact) mass is 316 g/mol. The van der Waals surface area contributed by atoms with Gasteiger partial charge in [-0.05, 0) is 17.9 Å². The number of carbonyl (C=O) groups is 1. The Morgan fingerprint density at radius 1 is 1.30 bits per heavy atom. The largest absolute Gasteiger partial charge is 0.475 e. The van der Waals surface area contributed by atoms with Gasteiger partial charge in [0.25, 0.3) is 5.91 Å². The van der Waals surface area contributed by atoms with Crippen LogP contribution in [0.4, 0.5) is 0 Å². The number of carbonyl (C=O) groups excluding carboxylic acids is 1. The predicted molar refractivity (Wildman–Crippen MR) is 86.7 cm³/mol. The highest BCUT2D eigenvalue weighted by Gasteiger charge is 2.27. The van der Waals surface area contributed by atoms with Gasteiger partial charge in [0.2, 0.25) is 0 Å². The summed E-state index contributed by atoms with van der Waals surface area (Å²) in [5, 5.41) is 25.0. The minimum Gasteiger partial charge on any atom is -0.426 e. The third-order valence-corrected chi connectivity index (χ3v) is 3.41. The van der Waals surface area contributed by atoms with Gasteiger partial charge in [0.05, 0.1) is 5.94 Å². The van der Waals surface area contributed by atoms with Crippen LogP contribution in [0.1, 0.15) is 42.1 Å². The predicted octanol–water partition coefficient (Wildman–Crippen LogP) is 1.42. The molecule has 3 N–H and O–H groups in total. The van der Waals surface area contributed by atoms with E-state index >= 15 is 0 Å². The van der Waals surface area contributed by atoms with Crippen molar-refractivity contribution in [3.63, 3.8) is 0 Å². The first-order chi connectivity index (χ1) is 11.0. The zero-order valence-corrected chi connectivity index (χ0v) is 13.3. The number of hydrogen-bond donors (Lipinski definition) is 3. The number of amides is 1. The molecule has 6 nitrogen and oxygen atoms in total. The second-order valence-corrected chi connectivity index (χ2v) is 5.96. The van der Waals surface area contributed by atoms with Gasteiger partial charge in [-0.1, -0.05) is 49.3 Å². The molecule has 1 aromatic heterocycles. The Kier molecular flexibility index (Phi) is 5.95. The first kappa shape index (κ1) is 17.2. The van der Waals surface area contributed by atoms with E-state index in [2.05, 4.69) is 10.5 Å². The number of nitrogens with one attached hydrogen (secondary N) is 1. The maximum absolute atomic E-state index is 12.2. The summed E-state index contributed by atoms with van der Waals surface area (Å²) in [6.07, 6.45) is 0.997. The Hall–Kier alpha value is -2.12. The molecule has 0 fully saturated rings. The molecule has 7 heteroatoms. The van der Waals surface area contributed by atoms with E-state index in [1.807, 2.05) is 44.2 Å². The summed E-state index contributed by atoms with van der Waals surface area (Å²) in [6.45, 7) is 3.88. The summed E-state index contributed by atoms with van der Waals surface area (Å²) in [6, 6.07) is 11.3. The molecule has 1 amide bonds. The van der Waals surface area contributed by atoms with E-state index in [0.717, 1.165) is 5.56 Å². The lowest BCUT2D eigenvalue weighted by molar-refractivity contribution is 0.0929. The second kappa shape index (κ2) is 7.94. The average molecular weight is 316 g/mol. The fraction of sp³-hybridized carbons (Fsp3) is 0.375. The molecular weight excluding hydrogens is 295 g/mol. The van der Waals surface area contributed by atoms with Crippen LogP contribution in [0.3, 0.4) is 0 Å². The highest BCUT2D eigenvalue weighted by Crippen LogP contribution is 2.12. The molecule has 1 aromatic carbocycles. The first-order valence-electron chi connectivity index (χ1n) is 7.62. The standard InChI is InChI=1S/C16H21BN2O4/c1-11(2)8-15(17(21)22)18-16(20)14-10-13(23-19-14)9-12-6-4-3-5-7-12/h3-7,10-11,15,21-22H,8-9H2,1-2H3,(H,18,20)/t15-/m0/s1. The quantitative estimate of drug-likeness (QED) is 0.672. The lowest BCUT2D eigenvalue weighted by Crippen LogP contribution is -2.47. The molecular formula is C16H21BN2O4. The molecule has 2 aromatic rings. The lowest BCUT2D eigenvalue weighted by Gasteiger charge is -2.18. The molecule has 1 heterocycles. The minimum absolute atomic E-state index is 0.130. The van der Waals surface area contributed by atoms with Crippen LogP contribution in [0.15, 0.2) is 40.9 Å². The maximum atomic E-state index is 12.2. The van der Waals surface area contributed by atoms with E-state index in [1.54, 1.807) is 6.07 Å². The fourth-order valence-corrected chi connectivity index (χ4v) is 2.31. The lowest BCUT2D eigenvalue weighted by atomic mass is 9.75. The van der Waals surface area contributed by atoms with Crippen molar-refractivity contribution in [3.05, 3.63) is 53.4 Å². The van der Waals surface area contributed by atoms with Crippen molar-refractivity contribution in [2.24, 2.45) is 5.92 Å². The van der Waals surface area contributed by atoms with Crippen molar-refractivity contribution in [2.75, 3.05) is 0 Å². The SMILES string of the molecule is CC(C)C[C@H](NC(=O)c1cc(Cc2ccccc2)on1)B(O)O. The summed E-state index contributed by atoms with van der Waals surface area (Å²) >= 11 is 0. The van der Waals surface area contributed by atoms with Crippen LogP contribution in [0.5, 0.6) is 0 Å². The van der Waals surface area contributed by atoms with Crippen molar-refractivity contribution in [2.45, 2.75) is 32.6 Å². The molecule has 0 unspecified atom stereocenters. The number of rotatable bonds is 7. The van der Waals surface area contributed by atoms with Crippen LogP contribution < -0.4 is 5.32 Å². The van der Waals surface area contributed by atoms with Crippen LogP contribution in [-0.4, -0.2) is 34.2 Å². The van der Waals surface area contributed by atoms with Crippen LogP contribution >= 0.6 is 0 Å². The molecule has 0 radical (unpaired) electrons. The minimum atomic E-state index is -1.61. The van der Waals surface area contributed by atoms with Gasteiger partial charge in [0.15, 0.2) is 5.69 Å². The molecule has 0 saturated carbocycles. The van der Waals surface area contributed by atoms with Crippen molar-refractivity contribution in [1.82, 2.24) is 10.5 Å². The summed E-state index contributed by atoms with van der Waals surface area (Å²) in [5.74, 6) is -0.428. The first-order valence-corrected chi connectivity index (χ1v) is 7.62. The fourth-order valence-electron chi connectivity index (χ4n) is 2.31. The van der Waals surface area contributed by atoms with Crippen molar-refractivity contribution in [3.8, 4) is 0 Å². The molecule has 0 aliphatic carbocycles. The van der Waals surface area contributed by atoms with Gasteiger partial charge < -0.3 is 19.9 Å². The Balaban J connectivity index is 2.00.